The molecule has 0 atom stereocenters. The molecule has 0 unspecified atom stereocenters. The number of anilines is 2. The SMILES string of the molecule is O=C(O)[C@]1(Cc2cccc(Nc3nccs3)n2)CC[C@@H](Oc2cccc(F)c2F)CC1. The van der Waals surface area contributed by atoms with Gasteiger partial charge in [-0.2, -0.15) is 4.39 Å². The molecule has 1 aromatic carbocycles. The molecule has 4 rings (SSSR count). The van der Waals surface area contributed by atoms with Crippen LogP contribution in [0.2, 0.25) is 0 Å². The van der Waals surface area contributed by atoms with Crippen LogP contribution in [0.25, 0.3) is 0 Å². The monoisotopic (exact) mass is 445 g/mol. The summed E-state index contributed by atoms with van der Waals surface area (Å²) in [6.45, 7) is 0. The van der Waals surface area contributed by atoms with E-state index in [1.807, 2.05) is 17.5 Å². The number of aromatic nitrogens is 2. The van der Waals surface area contributed by atoms with Gasteiger partial charge < -0.3 is 15.2 Å². The minimum absolute atomic E-state index is 0.143. The first-order valence-corrected chi connectivity index (χ1v) is 10.8. The second-order valence-corrected chi connectivity index (χ2v) is 8.50. The van der Waals surface area contributed by atoms with Gasteiger partial charge in [-0.1, -0.05) is 12.1 Å². The summed E-state index contributed by atoms with van der Waals surface area (Å²) < 4.78 is 32.9. The topological polar surface area (TPSA) is 84.3 Å². The normalized spacial score (nSPS) is 20.9. The van der Waals surface area contributed by atoms with E-state index >= 15 is 0 Å². The molecule has 1 aliphatic carbocycles. The molecule has 2 aromatic heterocycles. The minimum atomic E-state index is -1.02. The second kappa shape index (κ2) is 8.97. The number of rotatable bonds is 7. The number of hydrogen-bond acceptors (Lipinski definition) is 6. The van der Waals surface area contributed by atoms with Crippen molar-refractivity contribution in [1.29, 1.82) is 0 Å². The number of nitrogens with one attached hydrogen (secondary N) is 1. The molecule has 9 heteroatoms. The third-order valence-corrected chi connectivity index (χ3v) is 6.24. The summed E-state index contributed by atoms with van der Waals surface area (Å²) in [4.78, 5) is 20.9. The predicted octanol–water partition coefficient (Wildman–Crippen LogP) is 5.20. The van der Waals surface area contributed by atoms with E-state index in [-0.39, 0.29) is 18.3 Å². The summed E-state index contributed by atoms with van der Waals surface area (Å²) in [7, 11) is 0. The fourth-order valence-electron chi connectivity index (χ4n) is 3.87. The van der Waals surface area contributed by atoms with Gasteiger partial charge in [0.05, 0.1) is 11.5 Å². The van der Waals surface area contributed by atoms with Crippen molar-refractivity contribution in [3.05, 3.63) is 65.3 Å². The van der Waals surface area contributed by atoms with Crippen LogP contribution in [0.1, 0.15) is 31.4 Å². The van der Waals surface area contributed by atoms with Gasteiger partial charge in [0, 0.05) is 23.7 Å². The van der Waals surface area contributed by atoms with E-state index < -0.39 is 23.0 Å². The zero-order valence-electron chi connectivity index (χ0n) is 16.6. The first-order valence-electron chi connectivity index (χ1n) is 9.92. The lowest BCUT2D eigenvalue weighted by atomic mass is 9.70. The highest BCUT2D eigenvalue weighted by molar-refractivity contribution is 7.13. The van der Waals surface area contributed by atoms with Gasteiger partial charge in [-0.15, -0.1) is 11.3 Å². The highest BCUT2D eigenvalue weighted by Gasteiger charge is 2.43. The van der Waals surface area contributed by atoms with Gasteiger partial charge in [-0.05, 0) is 49.9 Å². The number of nitrogens with zero attached hydrogens (tertiary/aromatic N) is 2. The Bertz CT molecular complexity index is 1050. The van der Waals surface area contributed by atoms with Gasteiger partial charge in [0.2, 0.25) is 5.82 Å². The molecule has 0 saturated heterocycles. The number of ether oxygens (including phenoxy) is 1. The lowest BCUT2D eigenvalue weighted by Crippen LogP contribution is -2.40. The van der Waals surface area contributed by atoms with Crippen molar-refractivity contribution in [2.45, 2.75) is 38.2 Å². The van der Waals surface area contributed by atoms with Crippen molar-refractivity contribution in [3.8, 4) is 5.75 Å². The molecule has 0 amide bonds. The van der Waals surface area contributed by atoms with Gasteiger partial charge >= 0.3 is 5.97 Å². The fourth-order valence-corrected chi connectivity index (χ4v) is 4.41. The number of aliphatic carboxylic acids is 1. The minimum Gasteiger partial charge on any atom is -0.487 e. The largest absolute Gasteiger partial charge is 0.487 e. The fraction of sp³-hybridized carbons (Fsp3) is 0.318. The van der Waals surface area contributed by atoms with E-state index in [0.29, 0.717) is 42.3 Å². The van der Waals surface area contributed by atoms with Crippen LogP contribution in [0.4, 0.5) is 19.7 Å². The molecule has 2 heterocycles. The Balaban J connectivity index is 1.43. The van der Waals surface area contributed by atoms with E-state index in [0.717, 1.165) is 6.07 Å². The van der Waals surface area contributed by atoms with Crippen LogP contribution >= 0.6 is 11.3 Å². The first-order chi connectivity index (χ1) is 14.9. The van der Waals surface area contributed by atoms with Crippen molar-refractivity contribution >= 4 is 28.3 Å². The smallest absolute Gasteiger partial charge is 0.310 e. The Hall–Kier alpha value is -3.07. The van der Waals surface area contributed by atoms with Crippen molar-refractivity contribution in [2.24, 2.45) is 5.41 Å². The molecular formula is C22H21F2N3O3S. The molecule has 0 aliphatic heterocycles. The zero-order valence-corrected chi connectivity index (χ0v) is 17.4. The van der Waals surface area contributed by atoms with Crippen LogP contribution in [0.3, 0.4) is 0 Å². The van der Waals surface area contributed by atoms with Crippen molar-refractivity contribution in [3.63, 3.8) is 0 Å². The summed E-state index contributed by atoms with van der Waals surface area (Å²) in [5, 5.41) is 15.6. The average Bonchev–Trinajstić information content (AvgIpc) is 3.26. The second-order valence-electron chi connectivity index (χ2n) is 7.61. The lowest BCUT2D eigenvalue weighted by Gasteiger charge is -2.36. The molecule has 1 aliphatic rings. The number of carboxylic acid groups (broad SMARTS) is 1. The highest BCUT2D eigenvalue weighted by Crippen LogP contribution is 2.41. The molecule has 0 spiro atoms. The average molecular weight is 445 g/mol. The van der Waals surface area contributed by atoms with E-state index in [2.05, 4.69) is 15.3 Å². The van der Waals surface area contributed by atoms with Gasteiger partial charge in [-0.3, -0.25) is 4.79 Å². The van der Waals surface area contributed by atoms with Gasteiger partial charge in [0.25, 0.3) is 0 Å². The highest BCUT2D eigenvalue weighted by atomic mass is 32.1. The summed E-state index contributed by atoms with van der Waals surface area (Å²) in [5.41, 5.74) is -0.313. The number of carbonyl (C=O) groups is 1. The quantitative estimate of drug-likeness (QED) is 0.520. The van der Waals surface area contributed by atoms with Gasteiger partial charge in [0.15, 0.2) is 16.7 Å². The molecule has 1 fully saturated rings. The van der Waals surface area contributed by atoms with Crippen LogP contribution in [0, 0.1) is 17.0 Å². The third-order valence-electron chi connectivity index (χ3n) is 5.55. The number of halogens is 2. The Morgan fingerprint density at radius 2 is 2.00 bits per heavy atom. The molecule has 1 saturated carbocycles. The third kappa shape index (κ3) is 4.82. The summed E-state index contributed by atoms with van der Waals surface area (Å²) in [5.74, 6) is -2.41. The Morgan fingerprint density at radius 3 is 2.71 bits per heavy atom. The molecular weight excluding hydrogens is 424 g/mol. The number of pyridine rings is 1. The van der Waals surface area contributed by atoms with Gasteiger partial charge in [-0.25, -0.2) is 14.4 Å². The van der Waals surface area contributed by atoms with Crippen molar-refractivity contribution < 1.29 is 23.4 Å². The van der Waals surface area contributed by atoms with Crippen molar-refractivity contribution in [2.75, 3.05) is 5.32 Å². The van der Waals surface area contributed by atoms with E-state index in [1.54, 1.807) is 12.3 Å². The van der Waals surface area contributed by atoms with Crippen LogP contribution in [0.5, 0.6) is 5.75 Å². The number of carboxylic acids is 1. The summed E-state index contributed by atoms with van der Waals surface area (Å²) in [6, 6.07) is 9.23. The number of hydrogen-bond donors (Lipinski definition) is 2. The standard InChI is InChI=1S/C22H21F2N3O3S/c23-16-4-2-5-17(19(16)24)30-15-7-9-22(10-8-15,20(28)29)13-14-3-1-6-18(26-14)27-21-25-11-12-31-21/h1-6,11-12,15H,7-10,13H2,(H,28,29)(H,25,26,27)/t15-,22-. The Morgan fingerprint density at radius 1 is 1.23 bits per heavy atom. The molecule has 2 N–H and O–H groups in total. The van der Waals surface area contributed by atoms with Crippen LogP contribution < -0.4 is 10.1 Å². The number of benzene rings is 1. The van der Waals surface area contributed by atoms with Crippen molar-refractivity contribution in [1.82, 2.24) is 9.97 Å². The predicted molar refractivity (Wildman–Crippen MR) is 113 cm³/mol. The number of thiazole rings is 1. The lowest BCUT2D eigenvalue weighted by molar-refractivity contribution is -0.152. The molecule has 3 aromatic rings. The maximum atomic E-state index is 13.9. The summed E-state index contributed by atoms with van der Waals surface area (Å²) in [6.07, 6.45) is 3.17. The molecule has 31 heavy (non-hydrogen) atoms. The van der Waals surface area contributed by atoms with Gasteiger partial charge in [0.1, 0.15) is 5.82 Å². The van der Waals surface area contributed by atoms with Crippen LogP contribution in [-0.2, 0) is 11.2 Å². The first kappa shape index (κ1) is 21.2. The molecule has 162 valence electrons. The molecule has 0 radical (unpaired) electrons. The Labute approximate surface area is 181 Å². The van der Waals surface area contributed by atoms with E-state index in [4.69, 9.17) is 4.74 Å². The summed E-state index contributed by atoms with van der Waals surface area (Å²) >= 11 is 1.45. The zero-order chi connectivity index (χ0) is 21.8. The molecule has 0 bridgehead atoms. The Kier molecular flexibility index (Phi) is 6.13. The maximum Gasteiger partial charge on any atom is 0.310 e. The molecule has 6 nitrogen and oxygen atoms in total. The maximum absolute atomic E-state index is 13.9. The van der Waals surface area contributed by atoms with E-state index in [9.17, 15) is 18.7 Å². The van der Waals surface area contributed by atoms with Crippen LogP contribution in [-0.4, -0.2) is 27.1 Å². The van der Waals surface area contributed by atoms with E-state index in [1.165, 1.54) is 23.5 Å². The van der Waals surface area contributed by atoms with Crippen LogP contribution in [0.15, 0.2) is 48.0 Å².